The van der Waals surface area contributed by atoms with Crippen LogP contribution in [-0.2, 0) is 0 Å². The summed E-state index contributed by atoms with van der Waals surface area (Å²) in [5.41, 5.74) is 6.71. The molecule has 1 unspecified atom stereocenters. The van der Waals surface area contributed by atoms with Gasteiger partial charge in [0.25, 0.3) is 0 Å². The Hall–Kier alpha value is -0.490. The molecule has 2 N–H and O–H groups in total. The van der Waals surface area contributed by atoms with Crippen molar-refractivity contribution in [2.45, 2.75) is 6.04 Å². The third-order valence-electron chi connectivity index (χ3n) is 2.67. The summed E-state index contributed by atoms with van der Waals surface area (Å²) in [5.74, 6) is -1.33. The molecule has 19 heavy (non-hydrogen) atoms. The van der Waals surface area contributed by atoms with Crippen LogP contribution in [0.15, 0.2) is 39.3 Å². The quantitative estimate of drug-likeness (QED) is 0.676. The Bertz CT molecular complexity index is 634. The third kappa shape index (κ3) is 3.16. The fraction of sp³-hybridized carbons (Fsp3) is 0.0769. The lowest BCUT2D eigenvalue weighted by atomic mass is 9.99. The highest BCUT2D eigenvalue weighted by Crippen LogP contribution is 2.32. The van der Waals surface area contributed by atoms with E-state index in [1.807, 2.05) is 6.07 Å². The first-order valence-corrected chi connectivity index (χ1v) is 7.21. The molecule has 0 fully saturated rings. The molecule has 0 radical (unpaired) electrons. The van der Waals surface area contributed by atoms with Gasteiger partial charge in [0.2, 0.25) is 0 Å². The topological polar surface area (TPSA) is 26.0 Å². The van der Waals surface area contributed by atoms with E-state index in [1.54, 1.807) is 12.1 Å². The van der Waals surface area contributed by atoms with Gasteiger partial charge in [-0.3, -0.25) is 0 Å². The summed E-state index contributed by atoms with van der Waals surface area (Å²) in [6, 6.07) is 6.51. The molecule has 2 aromatic rings. The molecule has 0 aliphatic heterocycles. The second kappa shape index (κ2) is 5.87. The highest BCUT2D eigenvalue weighted by atomic mass is 79.9. The Labute approximate surface area is 131 Å². The van der Waals surface area contributed by atoms with Crippen molar-refractivity contribution in [2.24, 2.45) is 5.73 Å². The lowest BCUT2D eigenvalue weighted by Gasteiger charge is -2.16. The van der Waals surface area contributed by atoms with Crippen LogP contribution in [0.5, 0.6) is 0 Å². The van der Waals surface area contributed by atoms with Gasteiger partial charge >= 0.3 is 0 Å². The Balaban J connectivity index is 2.52. The van der Waals surface area contributed by atoms with E-state index < -0.39 is 17.7 Å². The fourth-order valence-electron chi connectivity index (χ4n) is 1.70. The number of hydrogen-bond donors (Lipinski definition) is 1. The molecule has 2 aromatic carbocycles. The predicted octanol–water partition coefficient (Wildman–Crippen LogP) is 5.19. The van der Waals surface area contributed by atoms with Gasteiger partial charge in [-0.15, -0.1) is 0 Å². The first kappa shape index (κ1) is 14.9. The van der Waals surface area contributed by atoms with Gasteiger partial charge in [-0.25, -0.2) is 8.78 Å². The van der Waals surface area contributed by atoms with Gasteiger partial charge in [-0.1, -0.05) is 43.5 Å². The van der Waals surface area contributed by atoms with E-state index in [9.17, 15) is 8.78 Å². The molecule has 0 spiro atoms. The van der Waals surface area contributed by atoms with Crippen LogP contribution in [-0.4, -0.2) is 0 Å². The first-order chi connectivity index (χ1) is 8.90. The molecule has 100 valence electrons. The number of nitrogens with two attached hydrogens (primary N) is 1. The molecule has 0 heterocycles. The number of benzene rings is 2. The van der Waals surface area contributed by atoms with Crippen LogP contribution in [0.25, 0.3) is 0 Å². The highest BCUT2D eigenvalue weighted by Gasteiger charge is 2.18. The molecule has 0 bridgehead atoms. The van der Waals surface area contributed by atoms with Crippen LogP contribution < -0.4 is 5.73 Å². The Morgan fingerprint density at radius 1 is 1.00 bits per heavy atom. The average Bonchev–Trinajstić information content (AvgIpc) is 2.36. The molecule has 2 rings (SSSR count). The van der Waals surface area contributed by atoms with Crippen molar-refractivity contribution in [3.63, 3.8) is 0 Å². The summed E-state index contributed by atoms with van der Waals surface area (Å²) in [6.45, 7) is 0. The van der Waals surface area contributed by atoms with Crippen molar-refractivity contribution < 1.29 is 8.78 Å². The Morgan fingerprint density at radius 3 is 2.37 bits per heavy atom. The number of hydrogen-bond acceptors (Lipinski definition) is 1. The van der Waals surface area contributed by atoms with Crippen molar-refractivity contribution in [1.29, 1.82) is 0 Å². The van der Waals surface area contributed by atoms with Crippen molar-refractivity contribution in [3.05, 3.63) is 67.1 Å². The minimum absolute atomic E-state index is 0.0562. The largest absolute Gasteiger partial charge is 0.320 e. The van der Waals surface area contributed by atoms with Gasteiger partial charge in [0.15, 0.2) is 0 Å². The summed E-state index contributed by atoms with van der Waals surface area (Å²) in [4.78, 5) is 0. The SMILES string of the molecule is NC(c1cc(F)c(Cl)cc1F)c1cc(Br)ccc1Br. The third-order valence-corrected chi connectivity index (χ3v) is 4.17. The number of rotatable bonds is 2. The van der Waals surface area contributed by atoms with Crippen molar-refractivity contribution in [2.75, 3.05) is 0 Å². The molecule has 1 nitrogen and oxygen atoms in total. The van der Waals surface area contributed by atoms with Gasteiger partial charge < -0.3 is 5.73 Å². The summed E-state index contributed by atoms with van der Waals surface area (Å²) >= 11 is 12.2. The smallest absolute Gasteiger partial charge is 0.142 e. The van der Waals surface area contributed by atoms with Gasteiger partial charge in [-0.2, -0.15) is 0 Å². The monoisotopic (exact) mass is 409 g/mol. The molecule has 0 amide bonds. The van der Waals surface area contributed by atoms with E-state index in [0.29, 0.717) is 5.56 Å². The summed E-state index contributed by atoms with van der Waals surface area (Å²) in [6.07, 6.45) is 0. The molecule has 0 saturated heterocycles. The van der Waals surface area contributed by atoms with E-state index >= 15 is 0 Å². The molecular weight excluding hydrogens is 403 g/mol. The average molecular weight is 411 g/mol. The first-order valence-electron chi connectivity index (χ1n) is 5.25. The van der Waals surface area contributed by atoms with Gasteiger partial charge in [0.1, 0.15) is 11.6 Å². The molecule has 1 atom stereocenters. The van der Waals surface area contributed by atoms with Crippen LogP contribution in [0.1, 0.15) is 17.2 Å². The lowest BCUT2D eigenvalue weighted by molar-refractivity contribution is 0.576. The second-order valence-corrected chi connectivity index (χ2v) is 6.11. The van der Waals surface area contributed by atoms with Crippen LogP contribution in [0, 0.1) is 11.6 Å². The molecule has 0 saturated carbocycles. The molecule has 6 heteroatoms. The van der Waals surface area contributed by atoms with E-state index in [2.05, 4.69) is 31.9 Å². The molecule has 0 aliphatic carbocycles. The highest BCUT2D eigenvalue weighted by molar-refractivity contribution is 9.11. The minimum Gasteiger partial charge on any atom is -0.320 e. The predicted molar refractivity (Wildman–Crippen MR) is 79.2 cm³/mol. The van der Waals surface area contributed by atoms with E-state index in [-0.39, 0.29) is 10.6 Å². The summed E-state index contributed by atoms with van der Waals surface area (Å²) in [5, 5.41) is -0.262. The molecular formula is C13H8Br2ClF2N. The van der Waals surface area contributed by atoms with Gasteiger partial charge in [0, 0.05) is 14.5 Å². The van der Waals surface area contributed by atoms with Crippen LogP contribution in [0.2, 0.25) is 5.02 Å². The van der Waals surface area contributed by atoms with Crippen LogP contribution in [0.3, 0.4) is 0 Å². The molecule has 0 aliphatic rings. The second-order valence-electron chi connectivity index (χ2n) is 3.93. The van der Waals surface area contributed by atoms with Crippen LogP contribution in [0.4, 0.5) is 8.78 Å². The normalized spacial score (nSPS) is 12.5. The Kier molecular flexibility index (Phi) is 4.61. The Morgan fingerprint density at radius 2 is 1.68 bits per heavy atom. The maximum Gasteiger partial charge on any atom is 0.142 e. The van der Waals surface area contributed by atoms with E-state index in [4.69, 9.17) is 17.3 Å². The maximum absolute atomic E-state index is 13.8. The van der Waals surface area contributed by atoms with E-state index in [0.717, 1.165) is 21.1 Å². The van der Waals surface area contributed by atoms with Crippen LogP contribution >= 0.6 is 43.5 Å². The van der Waals surface area contributed by atoms with Gasteiger partial charge in [0.05, 0.1) is 11.1 Å². The lowest BCUT2D eigenvalue weighted by Crippen LogP contribution is -2.14. The maximum atomic E-state index is 13.8. The zero-order valence-corrected chi connectivity index (χ0v) is 13.4. The van der Waals surface area contributed by atoms with Gasteiger partial charge in [-0.05, 0) is 35.9 Å². The zero-order valence-electron chi connectivity index (χ0n) is 9.43. The number of halogens is 5. The van der Waals surface area contributed by atoms with Crippen molar-refractivity contribution >= 4 is 43.5 Å². The fourth-order valence-corrected chi connectivity index (χ4v) is 2.72. The summed E-state index contributed by atoms with van der Waals surface area (Å²) < 4.78 is 28.8. The van der Waals surface area contributed by atoms with Crippen molar-refractivity contribution in [1.82, 2.24) is 0 Å². The van der Waals surface area contributed by atoms with Crippen molar-refractivity contribution in [3.8, 4) is 0 Å². The minimum atomic E-state index is -0.793. The standard InChI is InChI=1S/C13H8Br2ClF2N/c14-6-1-2-9(15)7(3-6)13(19)8-4-12(18)10(16)5-11(8)17/h1-5,13H,19H2. The zero-order chi connectivity index (χ0) is 14.2. The summed E-state index contributed by atoms with van der Waals surface area (Å²) in [7, 11) is 0. The van der Waals surface area contributed by atoms with E-state index in [1.165, 1.54) is 0 Å². The molecule has 0 aromatic heterocycles.